The molecule has 0 saturated carbocycles. The van der Waals surface area contributed by atoms with Crippen LogP contribution in [-0.2, 0) is 13.3 Å². The molecule has 19 heavy (non-hydrogen) atoms. The summed E-state index contributed by atoms with van der Waals surface area (Å²) in [6.07, 6.45) is 4.05. The smallest absolute Gasteiger partial charge is 0.361 e. The zero-order valence-corrected chi connectivity index (χ0v) is 14.5. The first-order valence-corrected chi connectivity index (χ1v) is 9.54. The Balaban J connectivity index is 4.92. The van der Waals surface area contributed by atoms with Crippen molar-refractivity contribution >= 4 is 8.97 Å². The van der Waals surface area contributed by atoms with Gasteiger partial charge in [0.25, 0.3) is 0 Å². The lowest BCUT2D eigenvalue weighted by Gasteiger charge is -2.37. The van der Waals surface area contributed by atoms with Crippen LogP contribution in [0.15, 0.2) is 0 Å². The van der Waals surface area contributed by atoms with E-state index in [-0.39, 0.29) is 0 Å². The Bertz CT molecular complexity index is 183. The monoisotopic (exact) mass is 291 g/mol. The summed E-state index contributed by atoms with van der Waals surface area (Å²) in [5.41, 5.74) is 0. The van der Waals surface area contributed by atoms with Gasteiger partial charge in [-0.05, 0) is 38.8 Å². The maximum absolute atomic E-state index is 6.11. The zero-order valence-electron chi connectivity index (χ0n) is 13.5. The number of nitrogens with zero attached hydrogens (tertiary/aromatic N) is 1. The van der Waals surface area contributed by atoms with E-state index in [1.54, 1.807) is 0 Å². The van der Waals surface area contributed by atoms with Gasteiger partial charge >= 0.3 is 8.97 Å². The van der Waals surface area contributed by atoms with Crippen molar-refractivity contribution in [3.8, 4) is 0 Å². The fraction of sp³-hybridized carbons (Fsp3) is 1.00. The molecule has 0 aliphatic heterocycles. The summed E-state index contributed by atoms with van der Waals surface area (Å²) >= 11 is 0. The molecule has 0 bridgehead atoms. The lowest BCUT2D eigenvalue weighted by Crippen LogP contribution is -2.61. The molecule has 116 valence electrons. The maximum Gasteiger partial charge on any atom is 0.599 e. The summed E-state index contributed by atoms with van der Waals surface area (Å²) in [5.74, 6) is 0. The van der Waals surface area contributed by atoms with E-state index in [0.717, 1.165) is 38.8 Å². The molecule has 0 radical (unpaired) electrons. The van der Waals surface area contributed by atoms with Gasteiger partial charge in [0.2, 0.25) is 0 Å². The lowest BCUT2D eigenvalue weighted by atomic mass is 10.5. The number of hydrogen-bond acceptors (Lipinski definition) is 4. The third kappa shape index (κ3) is 6.86. The molecule has 0 aliphatic rings. The highest BCUT2D eigenvalue weighted by atomic mass is 28.4. The predicted octanol–water partition coefficient (Wildman–Crippen LogP) is 3.43. The Labute approximate surface area is 120 Å². The first-order chi connectivity index (χ1) is 9.20. The van der Waals surface area contributed by atoms with Crippen LogP contribution in [0.2, 0.25) is 0 Å². The SMILES string of the molecule is CCCO[Si](OCCC)(OCCC)N(CC)CCC. The van der Waals surface area contributed by atoms with Crippen molar-refractivity contribution in [3.63, 3.8) is 0 Å². The summed E-state index contributed by atoms with van der Waals surface area (Å²) in [5, 5.41) is 0. The fourth-order valence-electron chi connectivity index (χ4n) is 1.85. The second kappa shape index (κ2) is 11.8. The van der Waals surface area contributed by atoms with E-state index < -0.39 is 8.97 Å². The third-order valence-corrected chi connectivity index (χ3v) is 5.75. The number of rotatable bonds is 13. The van der Waals surface area contributed by atoms with E-state index in [4.69, 9.17) is 13.3 Å². The normalized spacial score (nSPS) is 12.3. The van der Waals surface area contributed by atoms with E-state index in [1.165, 1.54) is 0 Å². The van der Waals surface area contributed by atoms with Crippen molar-refractivity contribution in [3.05, 3.63) is 0 Å². The van der Waals surface area contributed by atoms with Gasteiger partial charge in [-0.2, -0.15) is 0 Å². The molecule has 0 unspecified atom stereocenters. The highest BCUT2D eigenvalue weighted by Gasteiger charge is 2.47. The van der Waals surface area contributed by atoms with Gasteiger partial charge < -0.3 is 13.3 Å². The van der Waals surface area contributed by atoms with E-state index in [1.807, 2.05) is 0 Å². The van der Waals surface area contributed by atoms with Crippen molar-refractivity contribution in [2.45, 2.75) is 60.3 Å². The van der Waals surface area contributed by atoms with Crippen LogP contribution >= 0.6 is 0 Å². The van der Waals surface area contributed by atoms with Gasteiger partial charge in [-0.15, -0.1) is 0 Å². The van der Waals surface area contributed by atoms with Crippen LogP contribution in [0.4, 0.5) is 0 Å². The quantitative estimate of drug-likeness (QED) is 0.486. The average molecular weight is 292 g/mol. The van der Waals surface area contributed by atoms with Gasteiger partial charge in [-0.25, -0.2) is 0 Å². The molecule has 0 amide bonds. The summed E-state index contributed by atoms with van der Waals surface area (Å²) in [7, 11) is -2.68. The van der Waals surface area contributed by atoms with Crippen LogP contribution < -0.4 is 0 Å². The molecule has 0 aromatic heterocycles. The molecule has 0 atom stereocenters. The molecule has 0 saturated heterocycles. The second-order valence-corrected chi connectivity index (χ2v) is 7.20. The second-order valence-electron chi connectivity index (χ2n) is 4.65. The van der Waals surface area contributed by atoms with Crippen molar-refractivity contribution in [1.82, 2.24) is 4.57 Å². The standard InChI is InChI=1S/C14H33NO3Si/c1-6-11-15(10-5)19(16-12-7-2,17-13-8-3)18-14-9-4/h6-14H2,1-5H3. The highest BCUT2D eigenvalue weighted by Crippen LogP contribution is 2.18. The molecule has 0 aromatic carbocycles. The molecule has 5 heteroatoms. The Kier molecular flexibility index (Phi) is 11.9. The lowest BCUT2D eigenvalue weighted by molar-refractivity contribution is 0.00869. The van der Waals surface area contributed by atoms with Crippen LogP contribution in [0.5, 0.6) is 0 Å². The highest BCUT2D eigenvalue weighted by molar-refractivity contribution is 6.57. The van der Waals surface area contributed by atoms with Crippen LogP contribution in [-0.4, -0.2) is 46.4 Å². The predicted molar refractivity (Wildman–Crippen MR) is 82.0 cm³/mol. The summed E-state index contributed by atoms with van der Waals surface area (Å²) in [6, 6.07) is 0. The molecule has 0 heterocycles. The Morgan fingerprint density at radius 1 is 0.684 bits per heavy atom. The summed E-state index contributed by atoms with van der Waals surface area (Å²) in [6.45, 7) is 14.7. The first-order valence-electron chi connectivity index (χ1n) is 7.87. The molecule has 4 nitrogen and oxygen atoms in total. The molecule has 0 N–H and O–H groups in total. The van der Waals surface area contributed by atoms with E-state index in [2.05, 4.69) is 39.2 Å². The third-order valence-electron chi connectivity index (χ3n) is 2.73. The van der Waals surface area contributed by atoms with Gasteiger partial charge in [0.1, 0.15) is 0 Å². The molecular formula is C14H33NO3Si. The molecule has 0 fully saturated rings. The van der Waals surface area contributed by atoms with Gasteiger partial charge in [0.15, 0.2) is 0 Å². The minimum Gasteiger partial charge on any atom is -0.361 e. The Morgan fingerprint density at radius 2 is 1.11 bits per heavy atom. The average Bonchev–Trinajstić information content (AvgIpc) is 2.44. The van der Waals surface area contributed by atoms with Crippen LogP contribution in [0, 0.1) is 0 Å². The van der Waals surface area contributed by atoms with Crippen molar-refractivity contribution in [2.24, 2.45) is 0 Å². The van der Waals surface area contributed by atoms with Crippen molar-refractivity contribution < 1.29 is 13.3 Å². The van der Waals surface area contributed by atoms with Crippen LogP contribution in [0.3, 0.4) is 0 Å². The Morgan fingerprint density at radius 3 is 1.37 bits per heavy atom. The fourth-order valence-corrected chi connectivity index (χ4v) is 4.92. The largest absolute Gasteiger partial charge is 0.599 e. The minimum absolute atomic E-state index is 0.708. The maximum atomic E-state index is 6.11. The van der Waals surface area contributed by atoms with Gasteiger partial charge in [-0.1, -0.05) is 34.6 Å². The van der Waals surface area contributed by atoms with E-state index in [0.29, 0.717) is 19.8 Å². The van der Waals surface area contributed by atoms with E-state index >= 15 is 0 Å². The summed E-state index contributed by atoms with van der Waals surface area (Å²) in [4.78, 5) is 0. The van der Waals surface area contributed by atoms with Crippen LogP contribution in [0.25, 0.3) is 0 Å². The van der Waals surface area contributed by atoms with Crippen molar-refractivity contribution in [2.75, 3.05) is 32.9 Å². The molecule has 0 rings (SSSR count). The number of hydrogen-bond donors (Lipinski definition) is 0. The molecular weight excluding hydrogens is 258 g/mol. The van der Waals surface area contributed by atoms with E-state index in [9.17, 15) is 0 Å². The topological polar surface area (TPSA) is 30.9 Å². The summed E-state index contributed by atoms with van der Waals surface area (Å²) < 4.78 is 20.6. The molecule has 0 aliphatic carbocycles. The molecule has 0 spiro atoms. The van der Waals surface area contributed by atoms with Crippen LogP contribution in [0.1, 0.15) is 60.3 Å². The van der Waals surface area contributed by atoms with Gasteiger partial charge in [-0.3, -0.25) is 4.57 Å². The van der Waals surface area contributed by atoms with Gasteiger partial charge in [0, 0.05) is 19.8 Å². The zero-order chi connectivity index (χ0) is 14.6. The van der Waals surface area contributed by atoms with Gasteiger partial charge in [0.05, 0.1) is 0 Å². The Hall–Kier alpha value is 0.0569. The minimum atomic E-state index is -2.68. The first kappa shape index (κ1) is 19.1. The molecule has 0 aromatic rings. The van der Waals surface area contributed by atoms with Crippen molar-refractivity contribution in [1.29, 1.82) is 0 Å².